The second kappa shape index (κ2) is 6.18. The first kappa shape index (κ1) is 15.0. The molecule has 18 heavy (non-hydrogen) atoms. The number of hydrogen-bond donors (Lipinski definition) is 2. The lowest BCUT2D eigenvalue weighted by Crippen LogP contribution is -2.45. The Labute approximate surface area is 109 Å². The Morgan fingerprint density at radius 2 is 1.72 bits per heavy atom. The number of rotatable bonds is 7. The van der Waals surface area contributed by atoms with Crippen LogP contribution >= 0.6 is 0 Å². The summed E-state index contributed by atoms with van der Waals surface area (Å²) in [6, 6.07) is 0. The molecule has 1 saturated carbocycles. The molecule has 0 aliphatic heterocycles. The van der Waals surface area contributed by atoms with E-state index >= 15 is 0 Å². The number of carbonyl (C=O) groups is 2. The van der Waals surface area contributed by atoms with Gasteiger partial charge in [-0.1, -0.05) is 13.8 Å². The topological polar surface area (TPSA) is 61.4 Å². The minimum absolute atomic E-state index is 0.112. The highest BCUT2D eigenvalue weighted by Gasteiger charge is 2.56. The van der Waals surface area contributed by atoms with Crippen molar-refractivity contribution in [1.82, 2.24) is 15.5 Å². The fourth-order valence-corrected chi connectivity index (χ4v) is 1.71. The van der Waals surface area contributed by atoms with Crippen molar-refractivity contribution in [3.63, 3.8) is 0 Å². The van der Waals surface area contributed by atoms with Crippen molar-refractivity contribution < 1.29 is 9.59 Å². The first-order chi connectivity index (χ1) is 8.38. The van der Waals surface area contributed by atoms with Gasteiger partial charge in [0.15, 0.2) is 0 Å². The minimum Gasteiger partial charge on any atom is -0.355 e. The first-order valence-corrected chi connectivity index (χ1v) is 6.60. The zero-order valence-corrected chi connectivity index (χ0v) is 11.9. The molecular weight excluding hydrogens is 230 g/mol. The number of likely N-dealkylation sites (N-methyl/N-ethyl adjacent to an activating group) is 1. The van der Waals surface area contributed by atoms with Gasteiger partial charge in [0, 0.05) is 19.6 Å². The molecule has 0 heterocycles. The van der Waals surface area contributed by atoms with Gasteiger partial charge in [0.1, 0.15) is 5.41 Å². The fraction of sp³-hybridized carbons (Fsp3) is 0.846. The van der Waals surface area contributed by atoms with Gasteiger partial charge in [-0.05, 0) is 32.9 Å². The van der Waals surface area contributed by atoms with E-state index < -0.39 is 5.41 Å². The summed E-state index contributed by atoms with van der Waals surface area (Å²) in [5.74, 6) is 0.172. The van der Waals surface area contributed by atoms with Crippen molar-refractivity contribution >= 4 is 11.8 Å². The SMILES string of the molecule is CC(C)CNC(=O)C1(C(=O)NCCN(C)C)CC1. The zero-order chi connectivity index (χ0) is 13.8. The molecular formula is C13H25N3O2. The summed E-state index contributed by atoms with van der Waals surface area (Å²) in [6.45, 7) is 6.08. The van der Waals surface area contributed by atoms with Gasteiger partial charge in [-0.25, -0.2) is 0 Å². The lowest BCUT2D eigenvalue weighted by Gasteiger charge is -2.17. The first-order valence-electron chi connectivity index (χ1n) is 6.60. The van der Waals surface area contributed by atoms with E-state index in [0.717, 1.165) is 6.54 Å². The van der Waals surface area contributed by atoms with Crippen LogP contribution in [0.15, 0.2) is 0 Å². The molecule has 1 rings (SSSR count). The predicted molar refractivity (Wildman–Crippen MR) is 71.1 cm³/mol. The second-order valence-corrected chi connectivity index (χ2v) is 5.75. The minimum atomic E-state index is -0.777. The molecule has 0 radical (unpaired) electrons. The van der Waals surface area contributed by atoms with Crippen molar-refractivity contribution in [2.45, 2.75) is 26.7 Å². The summed E-state index contributed by atoms with van der Waals surface area (Å²) < 4.78 is 0. The Morgan fingerprint density at radius 3 is 2.17 bits per heavy atom. The molecule has 0 bridgehead atoms. The molecule has 5 heteroatoms. The molecule has 1 aliphatic rings. The quantitative estimate of drug-likeness (QED) is 0.640. The third-order valence-corrected chi connectivity index (χ3v) is 3.13. The van der Waals surface area contributed by atoms with Crippen molar-refractivity contribution in [3.05, 3.63) is 0 Å². The lowest BCUT2D eigenvalue weighted by molar-refractivity contribution is -0.137. The number of carbonyl (C=O) groups excluding carboxylic acids is 2. The average molecular weight is 255 g/mol. The van der Waals surface area contributed by atoms with Crippen LogP contribution in [0.25, 0.3) is 0 Å². The Hall–Kier alpha value is -1.10. The van der Waals surface area contributed by atoms with Crippen LogP contribution in [0.2, 0.25) is 0 Å². The summed E-state index contributed by atoms with van der Waals surface area (Å²) in [5, 5.41) is 5.70. The zero-order valence-electron chi connectivity index (χ0n) is 11.9. The summed E-state index contributed by atoms with van der Waals surface area (Å²) >= 11 is 0. The van der Waals surface area contributed by atoms with Crippen LogP contribution < -0.4 is 10.6 Å². The van der Waals surface area contributed by atoms with E-state index in [1.807, 2.05) is 32.8 Å². The highest BCUT2D eigenvalue weighted by molar-refractivity contribution is 6.07. The normalized spacial score (nSPS) is 16.8. The van der Waals surface area contributed by atoms with Crippen LogP contribution in [0.3, 0.4) is 0 Å². The highest BCUT2D eigenvalue weighted by Crippen LogP contribution is 2.46. The molecule has 1 fully saturated rings. The summed E-state index contributed by atoms with van der Waals surface area (Å²) in [5.41, 5.74) is -0.777. The molecule has 0 aromatic carbocycles. The number of nitrogens with one attached hydrogen (secondary N) is 2. The summed E-state index contributed by atoms with van der Waals surface area (Å²) in [6.07, 6.45) is 1.34. The molecule has 0 unspecified atom stereocenters. The molecule has 104 valence electrons. The molecule has 5 nitrogen and oxygen atoms in total. The van der Waals surface area contributed by atoms with E-state index in [0.29, 0.717) is 31.8 Å². The standard InChI is InChI=1S/C13H25N3O2/c1-10(2)9-15-12(18)13(5-6-13)11(17)14-7-8-16(3)4/h10H,5-9H2,1-4H3,(H,14,17)(H,15,18). The van der Waals surface area contributed by atoms with Crippen LogP contribution in [0.4, 0.5) is 0 Å². The molecule has 2 N–H and O–H groups in total. The molecule has 0 spiro atoms. The average Bonchev–Trinajstić information content (AvgIpc) is 3.06. The van der Waals surface area contributed by atoms with Crippen LogP contribution in [0.5, 0.6) is 0 Å². The van der Waals surface area contributed by atoms with Crippen LogP contribution in [-0.2, 0) is 9.59 Å². The van der Waals surface area contributed by atoms with Gasteiger partial charge in [-0.15, -0.1) is 0 Å². The molecule has 0 aromatic heterocycles. The number of amides is 2. The van der Waals surface area contributed by atoms with Gasteiger partial charge in [0.05, 0.1) is 0 Å². The monoisotopic (exact) mass is 255 g/mol. The fourth-order valence-electron chi connectivity index (χ4n) is 1.71. The van der Waals surface area contributed by atoms with E-state index in [-0.39, 0.29) is 11.8 Å². The molecule has 0 atom stereocenters. The van der Waals surface area contributed by atoms with Gasteiger partial charge in [0.2, 0.25) is 11.8 Å². The maximum atomic E-state index is 12.0. The van der Waals surface area contributed by atoms with Gasteiger partial charge in [-0.2, -0.15) is 0 Å². The smallest absolute Gasteiger partial charge is 0.235 e. The molecule has 0 aromatic rings. The summed E-state index contributed by atoms with van der Waals surface area (Å²) in [7, 11) is 3.91. The highest BCUT2D eigenvalue weighted by atomic mass is 16.2. The van der Waals surface area contributed by atoms with Gasteiger partial charge in [-0.3, -0.25) is 9.59 Å². The Bertz CT molecular complexity index is 309. The maximum absolute atomic E-state index is 12.0. The van der Waals surface area contributed by atoms with Crippen LogP contribution in [-0.4, -0.2) is 50.4 Å². The van der Waals surface area contributed by atoms with Crippen molar-refractivity contribution in [3.8, 4) is 0 Å². The van der Waals surface area contributed by atoms with Gasteiger partial charge in [0.25, 0.3) is 0 Å². The number of nitrogens with zero attached hydrogens (tertiary/aromatic N) is 1. The van der Waals surface area contributed by atoms with E-state index in [1.165, 1.54) is 0 Å². The molecule has 0 saturated heterocycles. The van der Waals surface area contributed by atoms with Crippen LogP contribution in [0, 0.1) is 11.3 Å². The van der Waals surface area contributed by atoms with Crippen molar-refractivity contribution in [2.75, 3.05) is 33.7 Å². The van der Waals surface area contributed by atoms with E-state index in [2.05, 4.69) is 10.6 Å². The number of hydrogen-bond acceptors (Lipinski definition) is 3. The second-order valence-electron chi connectivity index (χ2n) is 5.75. The Kier molecular flexibility index (Phi) is 5.14. The molecule has 1 aliphatic carbocycles. The van der Waals surface area contributed by atoms with Crippen molar-refractivity contribution in [1.29, 1.82) is 0 Å². The lowest BCUT2D eigenvalue weighted by atomic mass is 10.0. The van der Waals surface area contributed by atoms with E-state index in [4.69, 9.17) is 0 Å². The van der Waals surface area contributed by atoms with Crippen LogP contribution in [0.1, 0.15) is 26.7 Å². The largest absolute Gasteiger partial charge is 0.355 e. The van der Waals surface area contributed by atoms with Gasteiger partial charge >= 0.3 is 0 Å². The van der Waals surface area contributed by atoms with Gasteiger partial charge < -0.3 is 15.5 Å². The maximum Gasteiger partial charge on any atom is 0.235 e. The Balaban J connectivity index is 2.38. The van der Waals surface area contributed by atoms with E-state index in [9.17, 15) is 9.59 Å². The third-order valence-electron chi connectivity index (χ3n) is 3.13. The van der Waals surface area contributed by atoms with E-state index in [1.54, 1.807) is 0 Å². The molecule has 2 amide bonds. The third kappa shape index (κ3) is 3.98. The summed E-state index contributed by atoms with van der Waals surface area (Å²) in [4.78, 5) is 26.0. The Morgan fingerprint density at radius 1 is 1.17 bits per heavy atom. The predicted octanol–water partition coefficient (Wildman–Crippen LogP) is 0.217. The van der Waals surface area contributed by atoms with Crippen molar-refractivity contribution in [2.24, 2.45) is 11.3 Å².